The second-order valence-electron chi connectivity index (χ2n) is 8.09. The first-order valence-electron chi connectivity index (χ1n) is 9.81. The summed E-state index contributed by atoms with van der Waals surface area (Å²) < 4.78 is 41.1. The summed E-state index contributed by atoms with van der Waals surface area (Å²) in [6, 6.07) is 11.8. The minimum absolute atomic E-state index is 0.0464. The number of carbonyl (C=O) groups excluding carboxylic acids is 1. The van der Waals surface area contributed by atoms with Crippen LogP contribution in [0.15, 0.2) is 53.4 Å². The molecule has 1 saturated heterocycles. The number of rotatable bonds is 4. The molecule has 1 heterocycles. The van der Waals surface area contributed by atoms with E-state index in [2.05, 4.69) is 0 Å². The standard InChI is InChI=1S/C22H24FNO4S/c1-15(25)16-4-10-20(11-5-16)29(27,28)24-13-17-3-2-12-22(26,21(17)14-24)18-6-8-19(23)9-7-18/h4-11,17,21,26H,2-3,12-14H2,1H3/t17-,21+,22+/m0/s1. The van der Waals surface area contributed by atoms with Crippen LogP contribution in [0.4, 0.5) is 4.39 Å². The van der Waals surface area contributed by atoms with Crippen molar-refractivity contribution in [2.45, 2.75) is 36.7 Å². The largest absolute Gasteiger partial charge is 0.385 e. The van der Waals surface area contributed by atoms with Crippen LogP contribution in [0, 0.1) is 17.7 Å². The highest BCUT2D eigenvalue weighted by molar-refractivity contribution is 7.89. The highest BCUT2D eigenvalue weighted by atomic mass is 32.2. The molecule has 0 aromatic heterocycles. The van der Waals surface area contributed by atoms with E-state index in [1.54, 1.807) is 12.1 Å². The Morgan fingerprint density at radius 1 is 1.10 bits per heavy atom. The van der Waals surface area contributed by atoms with Crippen molar-refractivity contribution in [1.82, 2.24) is 4.31 Å². The molecule has 154 valence electrons. The van der Waals surface area contributed by atoms with Crippen molar-refractivity contribution in [1.29, 1.82) is 0 Å². The van der Waals surface area contributed by atoms with Gasteiger partial charge >= 0.3 is 0 Å². The number of hydrogen-bond acceptors (Lipinski definition) is 4. The van der Waals surface area contributed by atoms with Gasteiger partial charge in [-0.25, -0.2) is 12.8 Å². The van der Waals surface area contributed by atoms with Gasteiger partial charge in [-0.2, -0.15) is 4.31 Å². The molecule has 2 aliphatic rings. The Hall–Kier alpha value is -2.09. The lowest BCUT2D eigenvalue weighted by Crippen LogP contribution is -2.43. The first kappa shape index (κ1) is 20.2. The molecule has 0 amide bonds. The van der Waals surface area contributed by atoms with E-state index < -0.39 is 15.6 Å². The van der Waals surface area contributed by atoms with Gasteiger partial charge in [-0.05, 0) is 61.9 Å². The predicted octanol–water partition coefficient (Wildman–Crippen LogP) is 3.34. The molecule has 0 bridgehead atoms. The Labute approximate surface area is 170 Å². The molecule has 2 aromatic carbocycles. The SMILES string of the molecule is CC(=O)c1ccc(S(=O)(=O)N2C[C@@H]3CCC[C@@](O)(c4ccc(F)cc4)[C@@H]3C2)cc1. The Kier molecular flexibility index (Phi) is 5.09. The van der Waals surface area contributed by atoms with Crippen molar-refractivity contribution in [3.63, 3.8) is 0 Å². The third-order valence-electron chi connectivity index (χ3n) is 6.40. The number of Topliss-reactive ketones (excluding diaryl/α,β-unsaturated/α-hetero) is 1. The van der Waals surface area contributed by atoms with Gasteiger partial charge in [-0.1, -0.05) is 24.3 Å². The lowest BCUT2D eigenvalue weighted by molar-refractivity contribution is -0.0641. The summed E-state index contributed by atoms with van der Waals surface area (Å²) >= 11 is 0. The van der Waals surface area contributed by atoms with Crippen molar-refractivity contribution >= 4 is 15.8 Å². The fraction of sp³-hybridized carbons (Fsp3) is 0.409. The fourth-order valence-corrected chi connectivity index (χ4v) is 6.31. The predicted molar refractivity (Wildman–Crippen MR) is 106 cm³/mol. The van der Waals surface area contributed by atoms with Crippen LogP contribution in [0.2, 0.25) is 0 Å². The van der Waals surface area contributed by atoms with Crippen LogP contribution in [0.5, 0.6) is 0 Å². The van der Waals surface area contributed by atoms with Gasteiger partial charge in [0.05, 0.1) is 10.5 Å². The van der Waals surface area contributed by atoms with Gasteiger partial charge in [0.1, 0.15) is 5.82 Å². The van der Waals surface area contributed by atoms with Gasteiger partial charge in [0.15, 0.2) is 5.78 Å². The van der Waals surface area contributed by atoms with Crippen molar-refractivity contribution < 1.29 is 22.7 Å². The molecular formula is C22H24FNO4S. The third kappa shape index (κ3) is 3.52. The smallest absolute Gasteiger partial charge is 0.243 e. The van der Waals surface area contributed by atoms with E-state index in [1.807, 2.05) is 0 Å². The molecule has 29 heavy (non-hydrogen) atoms. The van der Waals surface area contributed by atoms with Gasteiger partial charge in [-0.15, -0.1) is 0 Å². The average molecular weight is 418 g/mol. The van der Waals surface area contributed by atoms with Gasteiger partial charge in [0.25, 0.3) is 0 Å². The van der Waals surface area contributed by atoms with E-state index in [0.717, 1.165) is 12.8 Å². The number of benzene rings is 2. The summed E-state index contributed by atoms with van der Waals surface area (Å²) in [6.45, 7) is 2.01. The van der Waals surface area contributed by atoms with Gasteiger partial charge < -0.3 is 5.11 Å². The fourth-order valence-electron chi connectivity index (χ4n) is 4.79. The average Bonchev–Trinajstić information content (AvgIpc) is 3.15. The lowest BCUT2D eigenvalue weighted by atomic mass is 9.67. The van der Waals surface area contributed by atoms with Gasteiger partial charge in [-0.3, -0.25) is 4.79 Å². The van der Waals surface area contributed by atoms with Gasteiger partial charge in [0.2, 0.25) is 10.0 Å². The number of halogens is 1. The zero-order valence-electron chi connectivity index (χ0n) is 16.2. The van der Waals surface area contributed by atoms with E-state index >= 15 is 0 Å². The molecule has 0 radical (unpaired) electrons. The van der Waals surface area contributed by atoms with E-state index in [4.69, 9.17) is 0 Å². The number of fused-ring (bicyclic) bond motifs is 1. The molecule has 1 N–H and O–H groups in total. The zero-order chi connectivity index (χ0) is 20.8. The summed E-state index contributed by atoms with van der Waals surface area (Å²) in [6.07, 6.45) is 2.17. The van der Waals surface area contributed by atoms with Crippen LogP contribution >= 0.6 is 0 Å². The molecule has 1 saturated carbocycles. The topological polar surface area (TPSA) is 74.7 Å². The van der Waals surface area contributed by atoms with Crippen molar-refractivity contribution in [3.05, 3.63) is 65.5 Å². The number of aliphatic hydroxyl groups is 1. The molecule has 5 nitrogen and oxygen atoms in total. The first-order chi connectivity index (χ1) is 13.7. The van der Waals surface area contributed by atoms with E-state index in [0.29, 0.717) is 24.1 Å². The number of nitrogens with zero attached hydrogens (tertiary/aromatic N) is 1. The minimum atomic E-state index is -3.73. The number of carbonyl (C=O) groups is 1. The number of sulfonamides is 1. The molecule has 0 unspecified atom stereocenters. The number of ketones is 1. The van der Waals surface area contributed by atoms with Crippen LogP contribution in [0.1, 0.15) is 42.1 Å². The summed E-state index contributed by atoms with van der Waals surface area (Å²) in [7, 11) is -3.73. The van der Waals surface area contributed by atoms with Crippen LogP contribution in [-0.2, 0) is 15.6 Å². The summed E-state index contributed by atoms with van der Waals surface area (Å²) in [5.41, 5.74) is -0.0669. The zero-order valence-corrected chi connectivity index (χ0v) is 17.0. The highest BCUT2D eigenvalue weighted by Crippen LogP contribution is 2.49. The maximum atomic E-state index is 13.3. The molecule has 1 aliphatic carbocycles. The normalized spacial score (nSPS) is 27.6. The third-order valence-corrected chi connectivity index (χ3v) is 8.24. The second kappa shape index (κ2) is 7.31. The Morgan fingerprint density at radius 3 is 2.38 bits per heavy atom. The van der Waals surface area contributed by atoms with E-state index in [-0.39, 0.29) is 34.9 Å². The van der Waals surface area contributed by atoms with Crippen molar-refractivity contribution in [3.8, 4) is 0 Å². The van der Waals surface area contributed by atoms with E-state index in [1.165, 1.54) is 47.6 Å². The monoisotopic (exact) mass is 417 g/mol. The molecule has 3 atom stereocenters. The maximum Gasteiger partial charge on any atom is 0.243 e. The highest BCUT2D eigenvalue weighted by Gasteiger charge is 2.52. The molecule has 0 spiro atoms. The van der Waals surface area contributed by atoms with Crippen molar-refractivity contribution in [2.24, 2.45) is 11.8 Å². The van der Waals surface area contributed by atoms with E-state index in [9.17, 15) is 22.7 Å². The Balaban J connectivity index is 1.62. The molecule has 2 fully saturated rings. The van der Waals surface area contributed by atoms with Crippen LogP contribution in [-0.4, -0.2) is 36.7 Å². The van der Waals surface area contributed by atoms with Crippen LogP contribution in [0.25, 0.3) is 0 Å². The molecule has 7 heteroatoms. The van der Waals surface area contributed by atoms with Crippen LogP contribution in [0.3, 0.4) is 0 Å². The molecular weight excluding hydrogens is 393 g/mol. The Morgan fingerprint density at radius 2 is 1.76 bits per heavy atom. The first-order valence-corrected chi connectivity index (χ1v) is 11.3. The van der Waals surface area contributed by atoms with Gasteiger partial charge in [0, 0.05) is 24.6 Å². The maximum absolute atomic E-state index is 13.3. The molecule has 2 aromatic rings. The summed E-state index contributed by atoms with van der Waals surface area (Å²) in [5, 5.41) is 11.5. The lowest BCUT2D eigenvalue weighted by Gasteiger charge is -2.41. The van der Waals surface area contributed by atoms with Crippen LogP contribution < -0.4 is 0 Å². The molecule has 1 aliphatic heterocycles. The second-order valence-corrected chi connectivity index (χ2v) is 10.0. The quantitative estimate of drug-likeness (QED) is 0.775. The number of hydrogen-bond donors (Lipinski definition) is 1. The minimum Gasteiger partial charge on any atom is -0.385 e. The summed E-state index contributed by atoms with van der Waals surface area (Å²) in [5.74, 6) is -0.683. The Bertz CT molecular complexity index is 1020. The molecule has 4 rings (SSSR count). The summed E-state index contributed by atoms with van der Waals surface area (Å²) in [4.78, 5) is 11.6. The van der Waals surface area contributed by atoms with Crippen molar-refractivity contribution in [2.75, 3.05) is 13.1 Å².